The highest BCUT2D eigenvalue weighted by molar-refractivity contribution is 5.72. The van der Waals surface area contributed by atoms with Gasteiger partial charge in [0.2, 0.25) is 0 Å². The van der Waals surface area contributed by atoms with Gasteiger partial charge in [0.05, 0.1) is 17.0 Å². The minimum Gasteiger partial charge on any atom is -0.488 e. The minimum atomic E-state index is -0.0764. The smallest absolute Gasteiger partial charge is 0.142 e. The predicted octanol–water partition coefficient (Wildman–Crippen LogP) is 5.34. The fraction of sp³-hybridized carbons (Fsp3) is 0.267. The Morgan fingerprint density at radius 3 is 2.53 bits per heavy atom. The van der Waals surface area contributed by atoms with Gasteiger partial charge in [0.15, 0.2) is 0 Å². The molecule has 4 N–H and O–H groups in total. The topological polar surface area (TPSA) is 101 Å². The number of allylic oxidation sites excluding steroid dienone is 3. The van der Waals surface area contributed by atoms with E-state index in [2.05, 4.69) is 35.0 Å². The Balaban J connectivity index is 1.50. The molecule has 0 saturated carbocycles. The molecule has 1 aliphatic heterocycles. The molecule has 2 aromatic carbocycles. The van der Waals surface area contributed by atoms with E-state index >= 15 is 0 Å². The molecule has 0 bridgehead atoms. The Bertz CT molecular complexity index is 1350. The third-order valence-corrected chi connectivity index (χ3v) is 7.18. The average Bonchev–Trinajstić information content (AvgIpc) is 3.44. The molecule has 2 heterocycles. The number of anilines is 1. The molecule has 2 atom stereocenters. The largest absolute Gasteiger partial charge is 0.488 e. The van der Waals surface area contributed by atoms with Gasteiger partial charge in [0, 0.05) is 36.2 Å². The summed E-state index contributed by atoms with van der Waals surface area (Å²) in [5.41, 5.74) is 18.8. The first-order valence-electron chi connectivity index (χ1n) is 12.5. The van der Waals surface area contributed by atoms with Gasteiger partial charge in [-0.15, -0.1) is 0 Å². The van der Waals surface area contributed by atoms with Crippen LogP contribution < -0.4 is 16.2 Å². The van der Waals surface area contributed by atoms with Crippen molar-refractivity contribution in [3.8, 4) is 23.1 Å². The number of aromatic nitrogens is 1. The van der Waals surface area contributed by atoms with E-state index in [1.165, 1.54) is 12.8 Å². The van der Waals surface area contributed by atoms with Crippen molar-refractivity contribution in [1.29, 1.82) is 5.26 Å². The summed E-state index contributed by atoms with van der Waals surface area (Å²) in [6, 6.07) is 22.1. The van der Waals surface area contributed by atoms with Crippen LogP contribution in [0.2, 0.25) is 0 Å². The van der Waals surface area contributed by atoms with E-state index in [-0.39, 0.29) is 17.7 Å². The number of para-hydroxylation sites is 1. The van der Waals surface area contributed by atoms with Crippen LogP contribution in [0.1, 0.15) is 42.4 Å². The highest BCUT2D eigenvalue weighted by Gasteiger charge is 2.30. The molecule has 3 aromatic rings. The maximum Gasteiger partial charge on any atom is 0.142 e. The predicted molar refractivity (Wildman–Crippen MR) is 143 cm³/mol. The first kappa shape index (κ1) is 23.5. The molecular weight excluding hydrogens is 446 g/mol. The molecule has 36 heavy (non-hydrogen) atoms. The van der Waals surface area contributed by atoms with Crippen LogP contribution in [0.3, 0.4) is 0 Å². The number of pyridine rings is 1. The van der Waals surface area contributed by atoms with Gasteiger partial charge in [-0.3, -0.25) is 0 Å². The number of benzene rings is 2. The van der Waals surface area contributed by atoms with Crippen molar-refractivity contribution < 1.29 is 4.74 Å². The van der Waals surface area contributed by atoms with Crippen LogP contribution in [0, 0.1) is 17.2 Å². The molecule has 1 aliphatic carbocycles. The van der Waals surface area contributed by atoms with Gasteiger partial charge in [-0.05, 0) is 48.2 Å². The van der Waals surface area contributed by atoms with Gasteiger partial charge < -0.3 is 21.1 Å². The fourth-order valence-electron chi connectivity index (χ4n) is 5.15. The summed E-state index contributed by atoms with van der Waals surface area (Å²) >= 11 is 0. The van der Waals surface area contributed by atoms with Crippen LogP contribution in [0.5, 0.6) is 5.75 Å². The van der Waals surface area contributed by atoms with Crippen molar-refractivity contribution in [2.45, 2.75) is 32.3 Å². The van der Waals surface area contributed by atoms with Gasteiger partial charge in [0.1, 0.15) is 24.2 Å². The molecule has 6 nitrogen and oxygen atoms in total. The molecule has 0 amide bonds. The van der Waals surface area contributed by atoms with E-state index < -0.39 is 0 Å². The summed E-state index contributed by atoms with van der Waals surface area (Å²) in [6.45, 7) is 4.63. The standard InChI is InChI=1S/C30H31N5O/c1-20-22(13-14-27(29(20)32)35-15-7-8-16-35)24-17-26(34-30(33)25(24)18-31)23-11-5-6-12-28(23)36-19-21-9-3-2-4-10-21/h2-6,9-14,17,20,22H,7-8,15-16,19,32H2,1H3,(H2,33,34). The number of rotatable bonds is 6. The summed E-state index contributed by atoms with van der Waals surface area (Å²) < 4.78 is 6.18. The highest BCUT2D eigenvalue weighted by atomic mass is 16.5. The number of hydrogen-bond acceptors (Lipinski definition) is 6. The van der Waals surface area contributed by atoms with Crippen molar-refractivity contribution in [1.82, 2.24) is 9.88 Å². The van der Waals surface area contributed by atoms with Crippen molar-refractivity contribution >= 4 is 5.82 Å². The number of likely N-dealkylation sites (tertiary alicyclic amines) is 1. The van der Waals surface area contributed by atoms with Gasteiger partial charge in [-0.1, -0.05) is 55.5 Å². The van der Waals surface area contributed by atoms with Crippen LogP contribution in [-0.4, -0.2) is 23.0 Å². The van der Waals surface area contributed by atoms with E-state index in [9.17, 15) is 5.26 Å². The third-order valence-electron chi connectivity index (χ3n) is 7.18. The van der Waals surface area contributed by atoms with Gasteiger partial charge in [0.25, 0.3) is 0 Å². The maximum atomic E-state index is 9.96. The highest BCUT2D eigenvalue weighted by Crippen LogP contribution is 2.41. The molecule has 1 saturated heterocycles. The van der Waals surface area contributed by atoms with E-state index in [0.29, 0.717) is 23.6 Å². The molecule has 2 unspecified atom stereocenters. The molecule has 2 aliphatic rings. The number of ether oxygens (including phenoxy) is 1. The molecule has 6 heteroatoms. The summed E-state index contributed by atoms with van der Waals surface area (Å²) in [5, 5.41) is 9.96. The lowest BCUT2D eigenvalue weighted by molar-refractivity contribution is 0.307. The summed E-state index contributed by atoms with van der Waals surface area (Å²) in [7, 11) is 0. The van der Waals surface area contributed by atoms with E-state index in [1.54, 1.807) is 0 Å². The monoisotopic (exact) mass is 477 g/mol. The molecule has 1 fully saturated rings. The molecule has 0 spiro atoms. The van der Waals surface area contributed by atoms with Crippen molar-refractivity contribution in [2.75, 3.05) is 18.8 Å². The maximum absolute atomic E-state index is 9.96. The third kappa shape index (κ3) is 4.52. The fourth-order valence-corrected chi connectivity index (χ4v) is 5.15. The quantitative estimate of drug-likeness (QED) is 0.497. The number of nitrogens with two attached hydrogens (primary N) is 2. The summed E-state index contributed by atoms with van der Waals surface area (Å²) in [5.74, 6) is 0.882. The molecule has 1 aromatic heterocycles. The zero-order chi connectivity index (χ0) is 25.1. The SMILES string of the molecule is CC1C(N)=C(N2CCCC2)C=CC1c1cc(-c2ccccc2OCc2ccccc2)nc(N)c1C#N. The molecule has 0 radical (unpaired) electrons. The lowest BCUT2D eigenvalue weighted by Gasteiger charge is -2.32. The second kappa shape index (κ2) is 10.2. The number of hydrogen-bond donors (Lipinski definition) is 2. The Hall–Kier alpha value is -4.24. The Morgan fingerprint density at radius 1 is 1.06 bits per heavy atom. The Morgan fingerprint density at radius 2 is 1.78 bits per heavy atom. The van der Waals surface area contributed by atoms with Crippen LogP contribution >= 0.6 is 0 Å². The van der Waals surface area contributed by atoms with Gasteiger partial charge in [-0.2, -0.15) is 5.26 Å². The zero-order valence-electron chi connectivity index (χ0n) is 20.5. The molecule has 182 valence electrons. The first-order chi connectivity index (χ1) is 17.6. The van der Waals surface area contributed by atoms with E-state index in [0.717, 1.165) is 41.2 Å². The van der Waals surface area contributed by atoms with Crippen molar-refractivity contribution in [3.63, 3.8) is 0 Å². The Labute approximate surface area is 212 Å². The van der Waals surface area contributed by atoms with Gasteiger partial charge in [-0.25, -0.2) is 4.98 Å². The average molecular weight is 478 g/mol. The Kier molecular flexibility index (Phi) is 6.64. The van der Waals surface area contributed by atoms with Crippen LogP contribution in [0.15, 0.2) is 84.2 Å². The molecular formula is C30H31N5O. The lowest BCUT2D eigenvalue weighted by atomic mass is 9.79. The molecule has 5 rings (SSSR count). The van der Waals surface area contributed by atoms with Crippen LogP contribution in [0.4, 0.5) is 5.82 Å². The normalized spacial score (nSPS) is 19.4. The first-order valence-corrected chi connectivity index (χ1v) is 12.5. The minimum absolute atomic E-state index is 0.0249. The summed E-state index contributed by atoms with van der Waals surface area (Å²) in [4.78, 5) is 6.96. The number of nitrogen functional groups attached to an aromatic ring is 1. The van der Waals surface area contributed by atoms with Crippen molar-refractivity contribution in [2.24, 2.45) is 11.7 Å². The number of nitriles is 1. The zero-order valence-corrected chi connectivity index (χ0v) is 20.5. The van der Waals surface area contributed by atoms with E-state index in [4.69, 9.17) is 16.2 Å². The van der Waals surface area contributed by atoms with Crippen LogP contribution in [0.25, 0.3) is 11.3 Å². The van der Waals surface area contributed by atoms with Crippen molar-refractivity contribution in [3.05, 3.63) is 101 Å². The van der Waals surface area contributed by atoms with E-state index in [1.807, 2.05) is 60.7 Å². The summed E-state index contributed by atoms with van der Waals surface area (Å²) in [6.07, 6.45) is 6.65. The second-order valence-electron chi connectivity index (χ2n) is 9.45. The second-order valence-corrected chi connectivity index (χ2v) is 9.45. The van der Waals surface area contributed by atoms with Crippen LogP contribution in [-0.2, 0) is 6.61 Å². The van der Waals surface area contributed by atoms with Gasteiger partial charge >= 0.3 is 0 Å². The lowest BCUT2D eigenvalue weighted by Crippen LogP contribution is -2.29. The number of nitrogens with zero attached hydrogens (tertiary/aromatic N) is 3.